The van der Waals surface area contributed by atoms with Crippen molar-refractivity contribution in [1.82, 2.24) is 4.90 Å². The fourth-order valence-corrected chi connectivity index (χ4v) is 3.26. The third kappa shape index (κ3) is 2.03. The maximum Gasteiger partial charge on any atom is 0.191 e. The van der Waals surface area contributed by atoms with E-state index in [1.807, 2.05) is 7.05 Å². The van der Waals surface area contributed by atoms with Gasteiger partial charge in [0.15, 0.2) is 5.96 Å². The van der Waals surface area contributed by atoms with Crippen LogP contribution in [0.25, 0.3) is 0 Å². The van der Waals surface area contributed by atoms with Crippen LogP contribution in [-0.2, 0) is 4.74 Å². The first-order valence-electron chi connectivity index (χ1n) is 6.48. The van der Waals surface area contributed by atoms with E-state index in [0.29, 0.717) is 17.9 Å². The molecule has 0 aromatic heterocycles. The molecule has 4 heteroatoms. The number of nitrogens with zero attached hydrogens (tertiary/aromatic N) is 2. The zero-order chi connectivity index (χ0) is 12.8. The largest absolute Gasteiger partial charge is 0.380 e. The molecule has 17 heavy (non-hydrogen) atoms. The van der Waals surface area contributed by atoms with Gasteiger partial charge in [0, 0.05) is 31.5 Å². The predicted molar refractivity (Wildman–Crippen MR) is 69.9 cm³/mol. The summed E-state index contributed by atoms with van der Waals surface area (Å²) in [7, 11) is 3.82. The molecule has 0 saturated heterocycles. The molecule has 2 fully saturated rings. The summed E-state index contributed by atoms with van der Waals surface area (Å²) in [6.07, 6.45) is 2.78. The Morgan fingerprint density at radius 1 is 1.41 bits per heavy atom. The summed E-state index contributed by atoms with van der Waals surface area (Å²) in [5.74, 6) is 1.13. The minimum absolute atomic E-state index is 0.0865. The lowest BCUT2D eigenvalue weighted by atomic mass is 9.58. The van der Waals surface area contributed by atoms with Gasteiger partial charge in [-0.2, -0.15) is 0 Å². The van der Waals surface area contributed by atoms with Crippen LogP contribution in [-0.4, -0.2) is 43.2 Å². The summed E-state index contributed by atoms with van der Waals surface area (Å²) in [6.45, 7) is 6.61. The van der Waals surface area contributed by atoms with E-state index in [1.54, 1.807) is 7.11 Å². The van der Waals surface area contributed by atoms with Gasteiger partial charge in [-0.3, -0.25) is 0 Å². The second-order valence-corrected chi connectivity index (χ2v) is 6.11. The van der Waals surface area contributed by atoms with Crippen LogP contribution in [0.5, 0.6) is 0 Å². The molecule has 3 atom stereocenters. The topological polar surface area (TPSA) is 50.9 Å². The fraction of sp³-hybridized carbons (Fsp3) is 0.923. The highest BCUT2D eigenvalue weighted by atomic mass is 16.5. The number of ether oxygens (including phenoxy) is 1. The molecule has 2 aliphatic carbocycles. The highest BCUT2D eigenvalue weighted by molar-refractivity contribution is 5.78. The zero-order valence-corrected chi connectivity index (χ0v) is 11.6. The lowest BCUT2D eigenvalue weighted by Gasteiger charge is -2.54. The monoisotopic (exact) mass is 239 g/mol. The number of hydrogen-bond acceptors (Lipinski definition) is 2. The Bertz CT molecular complexity index is 323. The predicted octanol–water partition coefficient (Wildman–Crippen LogP) is 1.45. The van der Waals surface area contributed by atoms with Crippen LogP contribution in [0.4, 0.5) is 0 Å². The molecule has 4 nitrogen and oxygen atoms in total. The Kier molecular flexibility index (Phi) is 3.10. The second-order valence-electron chi connectivity index (χ2n) is 6.11. The van der Waals surface area contributed by atoms with Crippen LogP contribution in [0.2, 0.25) is 0 Å². The van der Waals surface area contributed by atoms with Crippen molar-refractivity contribution < 1.29 is 4.74 Å². The molecular formula is C13H25N3O. The third-order valence-electron chi connectivity index (χ3n) is 4.45. The van der Waals surface area contributed by atoms with Crippen molar-refractivity contribution >= 4 is 5.96 Å². The molecular weight excluding hydrogens is 214 g/mol. The average molecular weight is 239 g/mol. The molecule has 0 bridgehead atoms. The van der Waals surface area contributed by atoms with Crippen LogP contribution < -0.4 is 5.73 Å². The van der Waals surface area contributed by atoms with Crippen LogP contribution >= 0.6 is 0 Å². The van der Waals surface area contributed by atoms with Crippen molar-refractivity contribution in [1.29, 1.82) is 0 Å². The van der Waals surface area contributed by atoms with E-state index in [-0.39, 0.29) is 17.6 Å². The van der Waals surface area contributed by atoms with Crippen molar-refractivity contribution in [2.75, 3.05) is 14.2 Å². The Morgan fingerprint density at radius 3 is 2.41 bits per heavy atom. The molecule has 0 heterocycles. The average Bonchev–Trinajstić information content (AvgIpc) is 3.08. The van der Waals surface area contributed by atoms with E-state index in [0.717, 1.165) is 0 Å². The van der Waals surface area contributed by atoms with E-state index in [1.165, 1.54) is 12.8 Å². The highest BCUT2D eigenvalue weighted by Gasteiger charge is 2.55. The molecule has 0 radical (unpaired) electrons. The quantitative estimate of drug-likeness (QED) is 0.599. The van der Waals surface area contributed by atoms with Gasteiger partial charge in [0.1, 0.15) is 0 Å². The molecule has 2 saturated carbocycles. The molecule has 98 valence electrons. The Hall–Kier alpha value is -0.770. The first-order chi connectivity index (χ1) is 7.89. The standard InChI is InChI=1S/C13H25N3O/c1-8-10(13(2,3)11(8)17-5)15-12(14)16(4)9-6-7-9/h8-11H,6-7H2,1-5H3,(H2,14,15). The smallest absolute Gasteiger partial charge is 0.191 e. The zero-order valence-electron chi connectivity index (χ0n) is 11.6. The summed E-state index contributed by atoms with van der Waals surface area (Å²) in [6, 6.07) is 0.893. The molecule has 2 N–H and O–H groups in total. The van der Waals surface area contributed by atoms with E-state index in [9.17, 15) is 0 Å². The Morgan fingerprint density at radius 2 is 2.00 bits per heavy atom. The first-order valence-corrected chi connectivity index (χ1v) is 6.48. The van der Waals surface area contributed by atoms with E-state index in [2.05, 4.69) is 25.7 Å². The van der Waals surface area contributed by atoms with E-state index < -0.39 is 0 Å². The number of guanidine groups is 1. The van der Waals surface area contributed by atoms with Gasteiger partial charge in [0.25, 0.3) is 0 Å². The summed E-state index contributed by atoms with van der Waals surface area (Å²) < 4.78 is 5.52. The molecule has 0 spiro atoms. The van der Waals surface area contributed by atoms with Crippen LogP contribution in [0.1, 0.15) is 33.6 Å². The maximum absolute atomic E-state index is 6.07. The van der Waals surface area contributed by atoms with Gasteiger partial charge < -0.3 is 15.4 Å². The minimum atomic E-state index is 0.0865. The molecule has 3 unspecified atom stereocenters. The van der Waals surface area contributed by atoms with Crippen molar-refractivity contribution in [3.63, 3.8) is 0 Å². The number of nitrogens with two attached hydrogens (primary N) is 1. The van der Waals surface area contributed by atoms with Gasteiger partial charge in [-0.1, -0.05) is 20.8 Å². The lowest BCUT2D eigenvalue weighted by Crippen LogP contribution is -2.61. The SMILES string of the molecule is COC1C(C)C(N=C(N)N(C)C2CC2)C1(C)C. The van der Waals surface area contributed by atoms with Crippen LogP contribution in [0.15, 0.2) is 4.99 Å². The third-order valence-corrected chi connectivity index (χ3v) is 4.45. The van der Waals surface area contributed by atoms with Crippen LogP contribution in [0, 0.1) is 11.3 Å². The van der Waals surface area contributed by atoms with Gasteiger partial charge >= 0.3 is 0 Å². The van der Waals surface area contributed by atoms with Gasteiger partial charge in [0.05, 0.1) is 12.1 Å². The van der Waals surface area contributed by atoms with E-state index in [4.69, 9.17) is 15.5 Å². The Balaban J connectivity index is 2.05. The van der Waals surface area contributed by atoms with E-state index >= 15 is 0 Å². The van der Waals surface area contributed by atoms with Gasteiger partial charge in [-0.05, 0) is 12.8 Å². The van der Waals surface area contributed by atoms with Crippen molar-refractivity contribution in [2.45, 2.75) is 51.8 Å². The molecule has 2 aliphatic rings. The molecule has 0 aromatic rings. The Labute approximate surface area is 104 Å². The van der Waals surface area contributed by atoms with Crippen molar-refractivity contribution in [3.8, 4) is 0 Å². The molecule has 0 aromatic carbocycles. The number of methoxy groups -OCH3 is 1. The lowest BCUT2D eigenvalue weighted by molar-refractivity contribution is -0.132. The number of rotatable bonds is 3. The summed E-state index contributed by atoms with van der Waals surface area (Å²) in [5.41, 5.74) is 6.16. The normalized spacial score (nSPS) is 36.5. The highest BCUT2D eigenvalue weighted by Crippen LogP contribution is 2.49. The van der Waals surface area contributed by atoms with Gasteiger partial charge in [-0.15, -0.1) is 0 Å². The van der Waals surface area contributed by atoms with Gasteiger partial charge in [-0.25, -0.2) is 4.99 Å². The number of hydrogen-bond donors (Lipinski definition) is 1. The first kappa shape index (κ1) is 12.7. The molecule has 0 aliphatic heterocycles. The van der Waals surface area contributed by atoms with Crippen molar-refractivity contribution in [3.05, 3.63) is 0 Å². The fourth-order valence-electron chi connectivity index (χ4n) is 3.26. The van der Waals surface area contributed by atoms with Crippen LogP contribution in [0.3, 0.4) is 0 Å². The molecule has 2 rings (SSSR count). The summed E-state index contributed by atoms with van der Waals surface area (Å²) in [5, 5.41) is 0. The number of aliphatic imine (C=N–C) groups is 1. The maximum atomic E-state index is 6.07. The van der Waals surface area contributed by atoms with Crippen molar-refractivity contribution in [2.24, 2.45) is 22.1 Å². The molecule has 0 amide bonds. The second kappa shape index (κ2) is 4.16. The van der Waals surface area contributed by atoms with Gasteiger partial charge in [0.2, 0.25) is 0 Å². The summed E-state index contributed by atoms with van der Waals surface area (Å²) >= 11 is 0. The minimum Gasteiger partial charge on any atom is -0.380 e. The summed E-state index contributed by atoms with van der Waals surface area (Å²) in [4.78, 5) is 6.83.